The smallest absolute Gasteiger partial charge is 0.123 e. The standard InChI is InChI=1S/C20H26FN5/c1-6-25-16(4)18(11-22-25)13-24(5)12-17-10-19(21)7-8-20(17)26-15(3)9-14(2)23-26/h7-11H,6,12-13H2,1-5H3. The first-order chi connectivity index (χ1) is 12.4. The Balaban J connectivity index is 1.85. The zero-order valence-electron chi connectivity index (χ0n) is 16.1. The lowest BCUT2D eigenvalue weighted by atomic mass is 10.1. The molecule has 0 unspecified atom stereocenters. The fourth-order valence-corrected chi connectivity index (χ4v) is 3.36. The fraction of sp³-hybridized carbons (Fsp3) is 0.400. The molecular weight excluding hydrogens is 329 g/mol. The molecule has 0 bridgehead atoms. The Kier molecular flexibility index (Phi) is 5.23. The molecule has 3 rings (SSSR count). The average Bonchev–Trinajstić information content (AvgIpc) is 3.09. The second-order valence-electron chi connectivity index (χ2n) is 6.86. The van der Waals surface area contributed by atoms with Gasteiger partial charge in [-0.3, -0.25) is 9.58 Å². The van der Waals surface area contributed by atoms with Crippen LogP contribution < -0.4 is 0 Å². The van der Waals surface area contributed by atoms with Gasteiger partial charge in [-0.1, -0.05) is 0 Å². The molecule has 0 aliphatic heterocycles. The number of hydrogen-bond donors (Lipinski definition) is 0. The third kappa shape index (κ3) is 3.70. The molecule has 5 nitrogen and oxygen atoms in total. The van der Waals surface area contributed by atoms with Gasteiger partial charge in [0.25, 0.3) is 0 Å². The summed E-state index contributed by atoms with van der Waals surface area (Å²) in [5, 5.41) is 8.96. The van der Waals surface area contributed by atoms with Gasteiger partial charge in [-0.2, -0.15) is 10.2 Å². The Hall–Kier alpha value is -2.47. The summed E-state index contributed by atoms with van der Waals surface area (Å²) in [6.45, 7) is 10.4. The number of benzene rings is 1. The van der Waals surface area contributed by atoms with Crippen LogP contribution in [-0.2, 0) is 19.6 Å². The molecule has 0 fully saturated rings. The van der Waals surface area contributed by atoms with Crippen molar-refractivity contribution in [3.8, 4) is 5.69 Å². The Morgan fingerprint density at radius 1 is 1.08 bits per heavy atom. The molecule has 0 N–H and O–H groups in total. The summed E-state index contributed by atoms with van der Waals surface area (Å²) >= 11 is 0. The van der Waals surface area contributed by atoms with Crippen LogP contribution in [0, 0.1) is 26.6 Å². The van der Waals surface area contributed by atoms with Gasteiger partial charge < -0.3 is 0 Å². The van der Waals surface area contributed by atoms with Crippen molar-refractivity contribution in [3.63, 3.8) is 0 Å². The number of nitrogens with zero attached hydrogens (tertiary/aromatic N) is 5. The van der Waals surface area contributed by atoms with Crippen LogP contribution in [0.3, 0.4) is 0 Å². The first-order valence-corrected chi connectivity index (χ1v) is 8.91. The topological polar surface area (TPSA) is 38.9 Å². The van der Waals surface area contributed by atoms with Crippen LogP contribution in [0.5, 0.6) is 0 Å². The molecule has 0 saturated heterocycles. The normalized spacial score (nSPS) is 11.5. The molecule has 26 heavy (non-hydrogen) atoms. The number of halogens is 1. The number of hydrogen-bond acceptors (Lipinski definition) is 3. The molecule has 2 aromatic heterocycles. The molecule has 0 saturated carbocycles. The average molecular weight is 355 g/mol. The lowest BCUT2D eigenvalue weighted by Crippen LogP contribution is -2.19. The van der Waals surface area contributed by atoms with Gasteiger partial charge in [-0.25, -0.2) is 9.07 Å². The van der Waals surface area contributed by atoms with Gasteiger partial charge in [-0.15, -0.1) is 0 Å². The SMILES string of the molecule is CCn1ncc(CN(C)Cc2cc(F)ccc2-n2nc(C)cc2C)c1C. The predicted molar refractivity (Wildman–Crippen MR) is 101 cm³/mol. The number of aromatic nitrogens is 4. The Bertz CT molecular complexity index is 909. The summed E-state index contributed by atoms with van der Waals surface area (Å²) in [6.07, 6.45) is 1.92. The van der Waals surface area contributed by atoms with Crippen LogP contribution in [0.1, 0.15) is 35.1 Å². The molecule has 0 spiro atoms. The molecule has 6 heteroatoms. The minimum Gasteiger partial charge on any atom is -0.298 e. The van der Waals surface area contributed by atoms with Crippen molar-refractivity contribution in [2.75, 3.05) is 7.05 Å². The van der Waals surface area contributed by atoms with Crippen LogP contribution in [0.4, 0.5) is 4.39 Å². The molecule has 138 valence electrons. The summed E-state index contributed by atoms with van der Waals surface area (Å²) in [4.78, 5) is 2.17. The highest BCUT2D eigenvalue weighted by molar-refractivity contribution is 5.42. The second kappa shape index (κ2) is 7.41. The summed E-state index contributed by atoms with van der Waals surface area (Å²) < 4.78 is 17.8. The van der Waals surface area contributed by atoms with Gasteiger partial charge in [0.2, 0.25) is 0 Å². The van der Waals surface area contributed by atoms with E-state index in [1.165, 1.54) is 17.3 Å². The van der Waals surface area contributed by atoms with E-state index in [0.29, 0.717) is 6.54 Å². The van der Waals surface area contributed by atoms with Crippen molar-refractivity contribution in [2.45, 2.75) is 47.3 Å². The van der Waals surface area contributed by atoms with E-state index in [2.05, 4.69) is 28.9 Å². The first-order valence-electron chi connectivity index (χ1n) is 8.91. The molecule has 0 amide bonds. The van der Waals surface area contributed by atoms with E-state index in [0.717, 1.165) is 35.7 Å². The largest absolute Gasteiger partial charge is 0.298 e. The third-order valence-corrected chi connectivity index (χ3v) is 4.66. The third-order valence-electron chi connectivity index (χ3n) is 4.66. The molecule has 0 radical (unpaired) electrons. The maximum Gasteiger partial charge on any atom is 0.123 e. The molecule has 0 atom stereocenters. The summed E-state index contributed by atoms with van der Waals surface area (Å²) in [7, 11) is 2.04. The Morgan fingerprint density at radius 3 is 2.42 bits per heavy atom. The van der Waals surface area contributed by atoms with E-state index in [9.17, 15) is 4.39 Å². The van der Waals surface area contributed by atoms with E-state index in [-0.39, 0.29) is 5.82 Å². The highest BCUT2D eigenvalue weighted by Crippen LogP contribution is 2.21. The molecule has 0 aliphatic carbocycles. The first kappa shape index (κ1) is 18.3. The second-order valence-corrected chi connectivity index (χ2v) is 6.86. The van der Waals surface area contributed by atoms with Gasteiger partial charge >= 0.3 is 0 Å². The van der Waals surface area contributed by atoms with Gasteiger partial charge in [0.1, 0.15) is 5.82 Å². The van der Waals surface area contributed by atoms with Crippen LogP contribution >= 0.6 is 0 Å². The van der Waals surface area contributed by atoms with E-state index < -0.39 is 0 Å². The van der Waals surface area contributed by atoms with Crippen molar-refractivity contribution >= 4 is 0 Å². The zero-order valence-corrected chi connectivity index (χ0v) is 16.1. The van der Waals surface area contributed by atoms with Crippen molar-refractivity contribution < 1.29 is 4.39 Å². The predicted octanol–water partition coefficient (Wildman–Crippen LogP) is 3.79. The van der Waals surface area contributed by atoms with E-state index in [1.807, 2.05) is 42.5 Å². The van der Waals surface area contributed by atoms with Gasteiger partial charge in [-0.05, 0) is 64.6 Å². The lowest BCUT2D eigenvalue weighted by Gasteiger charge is -2.19. The number of rotatable bonds is 6. The summed E-state index contributed by atoms with van der Waals surface area (Å²) in [5.41, 5.74) is 6.20. The summed E-state index contributed by atoms with van der Waals surface area (Å²) in [6, 6.07) is 6.92. The van der Waals surface area contributed by atoms with Crippen LogP contribution in [-0.4, -0.2) is 31.5 Å². The van der Waals surface area contributed by atoms with Gasteiger partial charge in [0, 0.05) is 36.6 Å². The van der Waals surface area contributed by atoms with Crippen molar-refractivity contribution in [3.05, 3.63) is 64.5 Å². The lowest BCUT2D eigenvalue weighted by molar-refractivity contribution is 0.317. The van der Waals surface area contributed by atoms with E-state index in [4.69, 9.17) is 0 Å². The van der Waals surface area contributed by atoms with E-state index >= 15 is 0 Å². The quantitative estimate of drug-likeness (QED) is 0.675. The molecule has 3 aromatic rings. The molecule has 0 aliphatic rings. The Morgan fingerprint density at radius 2 is 1.81 bits per heavy atom. The van der Waals surface area contributed by atoms with Gasteiger partial charge in [0.15, 0.2) is 0 Å². The monoisotopic (exact) mass is 355 g/mol. The van der Waals surface area contributed by atoms with Crippen LogP contribution in [0.25, 0.3) is 5.69 Å². The van der Waals surface area contributed by atoms with Crippen LogP contribution in [0.2, 0.25) is 0 Å². The van der Waals surface area contributed by atoms with Crippen molar-refractivity contribution in [1.29, 1.82) is 0 Å². The van der Waals surface area contributed by atoms with E-state index in [1.54, 1.807) is 12.1 Å². The zero-order chi connectivity index (χ0) is 18.8. The highest BCUT2D eigenvalue weighted by Gasteiger charge is 2.14. The summed E-state index contributed by atoms with van der Waals surface area (Å²) in [5.74, 6) is -0.228. The molecule has 1 aromatic carbocycles. The van der Waals surface area contributed by atoms with Crippen molar-refractivity contribution in [1.82, 2.24) is 24.5 Å². The minimum absolute atomic E-state index is 0.228. The van der Waals surface area contributed by atoms with Crippen LogP contribution in [0.15, 0.2) is 30.5 Å². The number of aryl methyl sites for hydroxylation is 3. The minimum atomic E-state index is -0.228. The van der Waals surface area contributed by atoms with Crippen molar-refractivity contribution in [2.24, 2.45) is 0 Å². The molecule has 2 heterocycles. The maximum absolute atomic E-state index is 13.9. The fourth-order valence-electron chi connectivity index (χ4n) is 3.36. The van der Waals surface area contributed by atoms with Gasteiger partial charge in [0.05, 0.1) is 17.6 Å². The Labute approximate surface area is 154 Å². The maximum atomic E-state index is 13.9. The highest BCUT2D eigenvalue weighted by atomic mass is 19.1. The molecular formula is C20H26FN5.